The van der Waals surface area contributed by atoms with Crippen LogP contribution in [0, 0.1) is 10.1 Å². The molecule has 0 unspecified atom stereocenters. The number of ether oxygens (including phenoxy) is 2. The van der Waals surface area contributed by atoms with Gasteiger partial charge in [-0.1, -0.05) is 6.92 Å². The molecule has 0 aliphatic carbocycles. The molecule has 12 heteroatoms. The van der Waals surface area contributed by atoms with Crippen LogP contribution in [0.1, 0.15) is 34.1 Å². The van der Waals surface area contributed by atoms with E-state index in [1.807, 2.05) is 0 Å². The van der Waals surface area contributed by atoms with Crippen LogP contribution in [0.4, 0.5) is 11.4 Å². The van der Waals surface area contributed by atoms with Crippen molar-refractivity contribution in [3.05, 3.63) is 51.6 Å². The third-order valence-electron chi connectivity index (χ3n) is 4.21. The first-order valence-corrected chi connectivity index (χ1v) is 10.4. The average Bonchev–Trinajstić information content (AvgIpc) is 2.75. The number of sulfone groups is 1. The third kappa shape index (κ3) is 4.74. The number of nitro groups is 1. The highest BCUT2D eigenvalue weighted by Crippen LogP contribution is 2.39. The normalized spacial score (nSPS) is 10.9. The standard InChI is InChI=1S/C19H20N2O9S/c1-4-7-20-17-13(21(25)26)8-12(19(24)30-3)10-16(17)31(27,28)15-9-11(18(23)29-2)5-6-14(15)22/h5-6,8-10,20,22H,4,7H2,1-3H3. The van der Waals surface area contributed by atoms with Crippen LogP contribution in [0.5, 0.6) is 5.75 Å². The van der Waals surface area contributed by atoms with Crippen LogP contribution in [0.3, 0.4) is 0 Å². The fourth-order valence-corrected chi connectivity index (χ4v) is 4.30. The molecule has 0 fully saturated rings. The molecule has 0 saturated heterocycles. The Hall–Kier alpha value is -3.67. The summed E-state index contributed by atoms with van der Waals surface area (Å²) in [6, 6.07) is 4.83. The molecule has 0 bridgehead atoms. The molecular weight excluding hydrogens is 432 g/mol. The molecule has 0 aliphatic heterocycles. The molecule has 0 spiro atoms. The van der Waals surface area contributed by atoms with Crippen molar-refractivity contribution in [2.24, 2.45) is 0 Å². The molecule has 2 rings (SSSR count). The molecule has 11 nitrogen and oxygen atoms in total. The lowest BCUT2D eigenvalue weighted by Crippen LogP contribution is -2.14. The van der Waals surface area contributed by atoms with Gasteiger partial charge in [0.1, 0.15) is 21.2 Å². The van der Waals surface area contributed by atoms with E-state index in [9.17, 15) is 33.2 Å². The smallest absolute Gasteiger partial charge is 0.338 e. The van der Waals surface area contributed by atoms with Crippen molar-refractivity contribution in [3.8, 4) is 5.75 Å². The number of nitrogens with one attached hydrogen (secondary N) is 1. The van der Waals surface area contributed by atoms with Gasteiger partial charge in [0, 0.05) is 12.6 Å². The molecule has 31 heavy (non-hydrogen) atoms. The number of methoxy groups -OCH3 is 2. The zero-order valence-corrected chi connectivity index (χ0v) is 17.7. The second kappa shape index (κ2) is 9.43. The Morgan fingerprint density at radius 3 is 2.19 bits per heavy atom. The summed E-state index contributed by atoms with van der Waals surface area (Å²) in [5.74, 6) is -2.54. The SMILES string of the molecule is CCCNc1c([N+](=O)[O-])cc(C(=O)OC)cc1S(=O)(=O)c1cc(C(=O)OC)ccc1O. The summed E-state index contributed by atoms with van der Waals surface area (Å²) in [6.45, 7) is 1.95. The zero-order valence-electron chi connectivity index (χ0n) is 16.9. The first-order chi connectivity index (χ1) is 14.6. The molecule has 0 radical (unpaired) electrons. The van der Waals surface area contributed by atoms with Crippen LogP contribution in [-0.4, -0.2) is 51.2 Å². The maximum Gasteiger partial charge on any atom is 0.338 e. The minimum atomic E-state index is -4.65. The Balaban J connectivity index is 2.89. The fourth-order valence-electron chi connectivity index (χ4n) is 2.71. The van der Waals surface area contributed by atoms with E-state index in [2.05, 4.69) is 14.8 Å². The minimum absolute atomic E-state index is 0.166. The van der Waals surface area contributed by atoms with Gasteiger partial charge in [-0.2, -0.15) is 0 Å². The molecule has 2 N–H and O–H groups in total. The molecule has 0 saturated carbocycles. The highest BCUT2D eigenvalue weighted by molar-refractivity contribution is 7.91. The fraction of sp³-hybridized carbons (Fsp3) is 0.263. The van der Waals surface area contributed by atoms with E-state index in [0.717, 1.165) is 44.6 Å². The second-order valence-electron chi connectivity index (χ2n) is 6.22. The van der Waals surface area contributed by atoms with Crippen molar-refractivity contribution in [1.82, 2.24) is 0 Å². The van der Waals surface area contributed by atoms with Crippen molar-refractivity contribution in [1.29, 1.82) is 0 Å². The van der Waals surface area contributed by atoms with Crippen LogP contribution >= 0.6 is 0 Å². The van der Waals surface area contributed by atoms with Crippen molar-refractivity contribution >= 4 is 33.2 Å². The lowest BCUT2D eigenvalue weighted by atomic mass is 10.1. The number of esters is 2. The van der Waals surface area contributed by atoms with Crippen molar-refractivity contribution in [2.75, 3.05) is 26.1 Å². The summed E-state index contributed by atoms with van der Waals surface area (Å²) in [6.07, 6.45) is 0.512. The van der Waals surface area contributed by atoms with Crippen LogP contribution in [0.2, 0.25) is 0 Å². The number of phenols is 1. The number of nitro benzene ring substituents is 1. The number of nitrogens with zero attached hydrogens (tertiary/aromatic N) is 1. The van der Waals surface area contributed by atoms with Gasteiger partial charge in [-0.25, -0.2) is 18.0 Å². The quantitative estimate of drug-likeness (QED) is 0.346. The van der Waals surface area contributed by atoms with Crippen molar-refractivity contribution in [3.63, 3.8) is 0 Å². The summed E-state index contributed by atoms with van der Waals surface area (Å²) < 4.78 is 36.0. The maximum absolute atomic E-state index is 13.4. The van der Waals surface area contributed by atoms with Crippen LogP contribution in [-0.2, 0) is 19.3 Å². The first-order valence-electron chi connectivity index (χ1n) is 8.89. The average molecular weight is 452 g/mol. The number of phenolic OH excluding ortho intramolecular Hbond substituents is 1. The van der Waals surface area contributed by atoms with Crippen LogP contribution in [0.15, 0.2) is 40.1 Å². The summed E-state index contributed by atoms with van der Waals surface area (Å²) >= 11 is 0. The Bertz CT molecular complexity index is 1140. The lowest BCUT2D eigenvalue weighted by Gasteiger charge is -2.15. The van der Waals surface area contributed by atoms with Gasteiger partial charge in [0.05, 0.1) is 30.3 Å². The van der Waals surface area contributed by atoms with Gasteiger partial charge in [-0.3, -0.25) is 10.1 Å². The first kappa shape index (κ1) is 23.6. The second-order valence-corrected chi connectivity index (χ2v) is 8.11. The predicted octanol–water partition coefficient (Wildman–Crippen LogP) is 2.53. The Kier molecular flexibility index (Phi) is 7.18. The molecular formula is C19H20N2O9S. The molecule has 0 amide bonds. The van der Waals surface area contributed by atoms with Gasteiger partial charge < -0.3 is 19.9 Å². The molecule has 0 aromatic heterocycles. The Morgan fingerprint density at radius 1 is 1.06 bits per heavy atom. The van der Waals surface area contributed by atoms with Gasteiger partial charge in [0.2, 0.25) is 9.84 Å². The van der Waals surface area contributed by atoms with Crippen LogP contribution < -0.4 is 5.32 Å². The van der Waals surface area contributed by atoms with Gasteiger partial charge in [-0.05, 0) is 30.7 Å². The highest BCUT2D eigenvalue weighted by Gasteiger charge is 2.32. The maximum atomic E-state index is 13.4. The predicted molar refractivity (Wildman–Crippen MR) is 108 cm³/mol. The van der Waals surface area contributed by atoms with E-state index in [1.165, 1.54) is 0 Å². The van der Waals surface area contributed by atoms with Crippen molar-refractivity contribution < 1.29 is 37.5 Å². The third-order valence-corrected chi connectivity index (χ3v) is 6.02. The molecule has 166 valence electrons. The van der Waals surface area contributed by atoms with Crippen LogP contribution in [0.25, 0.3) is 0 Å². The number of carbonyl (C=O) groups is 2. The van der Waals surface area contributed by atoms with Gasteiger partial charge in [0.15, 0.2) is 0 Å². The number of aromatic hydroxyl groups is 1. The minimum Gasteiger partial charge on any atom is -0.507 e. The lowest BCUT2D eigenvalue weighted by molar-refractivity contribution is -0.384. The van der Waals surface area contributed by atoms with E-state index < -0.39 is 47.9 Å². The summed E-state index contributed by atoms with van der Waals surface area (Å²) in [5.41, 5.74) is -1.57. The number of hydrogen-bond acceptors (Lipinski definition) is 10. The van der Waals surface area contributed by atoms with Gasteiger partial charge in [0.25, 0.3) is 5.69 Å². The number of carbonyl (C=O) groups excluding carboxylic acids is 2. The number of benzene rings is 2. The highest BCUT2D eigenvalue weighted by atomic mass is 32.2. The topological polar surface area (TPSA) is 162 Å². The summed E-state index contributed by atoms with van der Waals surface area (Å²) in [4.78, 5) is 33.3. The molecule has 0 heterocycles. The van der Waals surface area contributed by atoms with E-state index in [-0.39, 0.29) is 23.4 Å². The van der Waals surface area contributed by atoms with E-state index >= 15 is 0 Å². The van der Waals surface area contributed by atoms with Crippen molar-refractivity contribution in [2.45, 2.75) is 23.1 Å². The van der Waals surface area contributed by atoms with E-state index in [4.69, 9.17) is 0 Å². The molecule has 0 atom stereocenters. The number of anilines is 1. The molecule has 2 aromatic carbocycles. The van der Waals surface area contributed by atoms with Gasteiger partial charge >= 0.3 is 11.9 Å². The summed E-state index contributed by atoms with van der Waals surface area (Å²) in [7, 11) is -2.51. The summed E-state index contributed by atoms with van der Waals surface area (Å²) in [5, 5.41) is 24.5. The van der Waals surface area contributed by atoms with E-state index in [1.54, 1.807) is 6.92 Å². The zero-order chi connectivity index (χ0) is 23.3. The molecule has 2 aromatic rings. The Morgan fingerprint density at radius 2 is 1.65 bits per heavy atom. The van der Waals surface area contributed by atoms with Gasteiger partial charge in [-0.15, -0.1) is 0 Å². The van der Waals surface area contributed by atoms with E-state index in [0.29, 0.717) is 6.42 Å². The number of rotatable bonds is 8. The largest absolute Gasteiger partial charge is 0.507 e. The molecule has 0 aliphatic rings. The Labute approximate surface area is 177 Å². The number of hydrogen-bond donors (Lipinski definition) is 2. The monoisotopic (exact) mass is 452 g/mol.